The molecule has 0 spiro atoms. The van der Waals surface area contributed by atoms with Crippen LogP contribution >= 0.6 is 11.6 Å². The number of aliphatic hydroxyl groups excluding tert-OH is 2. The molecule has 7 heteroatoms. The van der Waals surface area contributed by atoms with E-state index in [0.29, 0.717) is 16.3 Å². The van der Waals surface area contributed by atoms with Crippen LogP contribution in [-0.4, -0.2) is 41.7 Å². The summed E-state index contributed by atoms with van der Waals surface area (Å²) in [4.78, 5) is 11.5. The van der Waals surface area contributed by atoms with Crippen LogP contribution < -0.4 is 10.1 Å². The summed E-state index contributed by atoms with van der Waals surface area (Å²) in [7, 11) is 1.50. The number of rotatable bonds is 6. The third-order valence-electron chi connectivity index (χ3n) is 2.99. The first kappa shape index (κ1) is 19.5. The zero-order valence-electron chi connectivity index (χ0n) is 13.8. The summed E-state index contributed by atoms with van der Waals surface area (Å²) >= 11 is 6.03. The van der Waals surface area contributed by atoms with Gasteiger partial charge in [0, 0.05) is 17.1 Å². The Labute approximate surface area is 141 Å². The van der Waals surface area contributed by atoms with Gasteiger partial charge in [-0.15, -0.1) is 0 Å². The average molecular weight is 346 g/mol. The average Bonchev–Trinajstić information content (AvgIpc) is 2.45. The maximum absolute atomic E-state index is 11.5. The van der Waals surface area contributed by atoms with Crippen LogP contribution in [0.25, 0.3) is 0 Å². The smallest absolute Gasteiger partial charge is 0.407 e. The molecule has 6 nitrogen and oxygen atoms in total. The topological polar surface area (TPSA) is 88.0 Å². The molecular formula is C16H24ClNO5. The van der Waals surface area contributed by atoms with Crippen molar-refractivity contribution < 1.29 is 24.5 Å². The molecule has 0 radical (unpaired) electrons. The fourth-order valence-electron chi connectivity index (χ4n) is 1.88. The molecule has 1 amide bonds. The third kappa shape index (κ3) is 6.64. The Balaban J connectivity index is 2.54. The van der Waals surface area contributed by atoms with Crippen LogP contribution in [0.15, 0.2) is 18.2 Å². The van der Waals surface area contributed by atoms with E-state index < -0.39 is 23.9 Å². The van der Waals surface area contributed by atoms with E-state index in [1.807, 2.05) is 0 Å². The van der Waals surface area contributed by atoms with Crippen LogP contribution in [0.3, 0.4) is 0 Å². The molecule has 1 rings (SSSR count). The number of alkyl carbamates (subject to hydrolysis) is 1. The fraction of sp³-hybridized carbons (Fsp3) is 0.562. The highest BCUT2D eigenvalue weighted by Crippen LogP contribution is 2.29. The summed E-state index contributed by atoms with van der Waals surface area (Å²) in [5.74, 6) is 0.530. The van der Waals surface area contributed by atoms with Crippen molar-refractivity contribution >= 4 is 17.7 Å². The van der Waals surface area contributed by atoms with Crippen molar-refractivity contribution in [3.63, 3.8) is 0 Å². The Bertz CT molecular complexity index is 530. The molecule has 0 aromatic heterocycles. The molecule has 0 aliphatic heterocycles. The molecule has 0 saturated carbocycles. The molecule has 1 aromatic rings. The maximum atomic E-state index is 11.5. The van der Waals surface area contributed by atoms with Crippen molar-refractivity contribution in [1.29, 1.82) is 0 Å². The minimum Gasteiger partial charge on any atom is -0.497 e. The Morgan fingerprint density at radius 3 is 2.57 bits per heavy atom. The van der Waals surface area contributed by atoms with Crippen LogP contribution in [-0.2, 0) is 4.74 Å². The number of methoxy groups -OCH3 is 1. The lowest BCUT2D eigenvalue weighted by atomic mass is 10.0. The Morgan fingerprint density at radius 2 is 2.00 bits per heavy atom. The maximum Gasteiger partial charge on any atom is 0.407 e. The first-order valence-corrected chi connectivity index (χ1v) is 7.68. The summed E-state index contributed by atoms with van der Waals surface area (Å²) < 4.78 is 10.2. The van der Waals surface area contributed by atoms with Gasteiger partial charge in [-0.1, -0.05) is 11.6 Å². The van der Waals surface area contributed by atoms with Crippen LogP contribution in [0.4, 0.5) is 4.79 Å². The van der Waals surface area contributed by atoms with Crippen LogP contribution in [0.2, 0.25) is 5.02 Å². The van der Waals surface area contributed by atoms with Crippen LogP contribution in [0.1, 0.15) is 38.9 Å². The minimum absolute atomic E-state index is 0.147. The van der Waals surface area contributed by atoms with Crippen molar-refractivity contribution in [3.8, 4) is 5.75 Å². The molecule has 0 saturated heterocycles. The molecule has 0 aliphatic carbocycles. The molecule has 2 unspecified atom stereocenters. The molecule has 0 bridgehead atoms. The lowest BCUT2D eigenvalue weighted by molar-refractivity contribution is 0.0122. The molecule has 23 heavy (non-hydrogen) atoms. The quantitative estimate of drug-likeness (QED) is 0.737. The standard InChI is InChI=1S/C16H24ClNO5/c1-16(2,3)23-15(21)18-8-7-13(19)14(20)11-9-10(22-4)5-6-12(11)17/h5-6,9,13-14,19-20H,7-8H2,1-4H3,(H,18,21). The second-order valence-electron chi connectivity index (χ2n) is 6.12. The van der Waals surface area contributed by atoms with Gasteiger partial charge in [0.2, 0.25) is 0 Å². The molecular weight excluding hydrogens is 322 g/mol. The molecule has 3 N–H and O–H groups in total. The highest BCUT2D eigenvalue weighted by molar-refractivity contribution is 6.31. The van der Waals surface area contributed by atoms with Gasteiger partial charge in [-0.3, -0.25) is 0 Å². The number of carbonyl (C=O) groups excluding carboxylic acids is 1. The van der Waals surface area contributed by atoms with Gasteiger partial charge in [-0.2, -0.15) is 0 Å². The normalized spacial score (nSPS) is 14.0. The predicted molar refractivity (Wildman–Crippen MR) is 87.8 cm³/mol. The molecule has 1 aromatic carbocycles. The fourth-order valence-corrected chi connectivity index (χ4v) is 2.11. The number of carbonyl (C=O) groups is 1. The second kappa shape index (κ2) is 8.38. The van der Waals surface area contributed by atoms with E-state index in [9.17, 15) is 15.0 Å². The SMILES string of the molecule is COc1ccc(Cl)c(C(O)C(O)CCNC(=O)OC(C)(C)C)c1. The first-order chi connectivity index (χ1) is 10.6. The number of ether oxygens (including phenoxy) is 2. The van der Waals surface area contributed by atoms with Crippen molar-refractivity contribution in [3.05, 3.63) is 28.8 Å². The highest BCUT2D eigenvalue weighted by Gasteiger charge is 2.22. The number of benzene rings is 1. The lowest BCUT2D eigenvalue weighted by Gasteiger charge is -2.22. The zero-order valence-corrected chi connectivity index (χ0v) is 14.6. The summed E-state index contributed by atoms with van der Waals surface area (Å²) in [6.45, 7) is 5.44. The van der Waals surface area contributed by atoms with Crippen LogP contribution in [0, 0.1) is 0 Å². The Hall–Kier alpha value is -1.50. The van der Waals surface area contributed by atoms with Gasteiger partial charge in [0.25, 0.3) is 0 Å². The number of hydrogen-bond acceptors (Lipinski definition) is 5. The van der Waals surface area contributed by atoms with Crippen molar-refractivity contribution in [2.75, 3.05) is 13.7 Å². The van der Waals surface area contributed by atoms with Crippen molar-refractivity contribution in [2.24, 2.45) is 0 Å². The molecule has 0 aliphatic rings. The largest absolute Gasteiger partial charge is 0.497 e. The Morgan fingerprint density at radius 1 is 1.35 bits per heavy atom. The number of nitrogens with one attached hydrogen (secondary N) is 1. The Kier molecular flexibility index (Phi) is 7.12. The summed E-state index contributed by atoms with van der Waals surface area (Å²) in [6, 6.07) is 4.82. The van der Waals surface area contributed by atoms with Gasteiger partial charge in [0.1, 0.15) is 17.5 Å². The van der Waals surface area contributed by atoms with Crippen molar-refractivity contribution in [1.82, 2.24) is 5.32 Å². The van der Waals surface area contributed by atoms with E-state index in [1.54, 1.807) is 39.0 Å². The monoisotopic (exact) mass is 345 g/mol. The number of amides is 1. The highest BCUT2D eigenvalue weighted by atomic mass is 35.5. The van der Waals surface area contributed by atoms with E-state index in [2.05, 4.69) is 5.32 Å². The van der Waals surface area contributed by atoms with Gasteiger partial charge in [0.05, 0.1) is 13.2 Å². The van der Waals surface area contributed by atoms with Gasteiger partial charge in [-0.25, -0.2) is 4.79 Å². The first-order valence-electron chi connectivity index (χ1n) is 7.30. The number of aliphatic hydroxyl groups is 2. The number of halogens is 1. The lowest BCUT2D eigenvalue weighted by Crippen LogP contribution is -2.34. The minimum atomic E-state index is -1.18. The van der Waals surface area contributed by atoms with E-state index in [4.69, 9.17) is 21.1 Å². The van der Waals surface area contributed by atoms with E-state index in [0.717, 1.165) is 0 Å². The number of hydrogen-bond donors (Lipinski definition) is 3. The summed E-state index contributed by atoms with van der Waals surface area (Å²) in [5, 5.41) is 23.1. The second-order valence-corrected chi connectivity index (χ2v) is 6.52. The molecule has 2 atom stereocenters. The molecule has 0 heterocycles. The molecule has 130 valence electrons. The summed E-state index contributed by atoms with van der Waals surface area (Å²) in [6.07, 6.45) is -2.69. The van der Waals surface area contributed by atoms with Crippen molar-refractivity contribution in [2.45, 2.75) is 45.0 Å². The van der Waals surface area contributed by atoms with E-state index >= 15 is 0 Å². The summed E-state index contributed by atoms with van der Waals surface area (Å²) in [5.41, 5.74) is -0.216. The predicted octanol–water partition coefficient (Wildman–Crippen LogP) is 2.66. The van der Waals surface area contributed by atoms with Gasteiger partial charge in [0.15, 0.2) is 0 Å². The van der Waals surface area contributed by atoms with Gasteiger partial charge < -0.3 is 25.0 Å². The van der Waals surface area contributed by atoms with Gasteiger partial charge in [-0.05, 0) is 45.4 Å². The molecule has 0 fully saturated rings. The third-order valence-corrected chi connectivity index (χ3v) is 3.34. The van der Waals surface area contributed by atoms with E-state index in [1.165, 1.54) is 7.11 Å². The van der Waals surface area contributed by atoms with Gasteiger partial charge >= 0.3 is 6.09 Å². The van der Waals surface area contributed by atoms with Crippen LogP contribution in [0.5, 0.6) is 5.75 Å². The van der Waals surface area contributed by atoms with E-state index in [-0.39, 0.29) is 13.0 Å². The zero-order chi connectivity index (χ0) is 17.6.